The van der Waals surface area contributed by atoms with Crippen LogP contribution in [0.15, 0.2) is 42.5 Å². The summed E-state index contributed by atoms with van der Waals surface area (Å²) in [5.74, 6) is -0.648. The molecule has 0 aromatic heterocycles. The minimum Gasteiger partial charge on any atom is -0.457 e. The molecule has 7 heteroatoms. The molecular weight excluding hydrogens is 308 g/mol. The lowest BCUT2D eigenvalue weighted by molar-refractivity contribution is -0.384. The summed E-state index contributed by atoms with van der Waals surface area (Å²) >= 11 is 5.97. The van der Waals surface area contributed by atoms with Gasteiger partial charge in [0.25, 0.3) is 5.69 Å². The Hall–Kier alpha value is -2.60. The Bertz CT molecular complexity index is 718. The van der Waals surface area contributed by atoms with Crippen LogP contribution >= 0.6 is 11.6 Å². The predicted molar refractivity (Wildman–Crippen MR) is 83.2 cm³/mol. The van der Waals surface area contributed by atoms with Crippen molar-refractivity contribution >= 4 is 28.9 Å². The molecule has 114 valence electrons. The second-order valence-electron chi connectivity index (χ2n) is 4.41. The molecule has 2 aromatic carbocycles. The van der Waals surface area contributed by atoms with Crippen molar-refractivity contribution in [1.29, 1.82) is 0 Å². The van der Waals surface area contributed by atoms with Gasteiger partial charge in [0.05, 0.1) is 10.5 Å². The normalized spacial score (nSPS) is 10.1. The molecule has 0 unspecified atom stereocenters. The van der Waals surface area contributed by atoms with Crippen molar-refractivity contribution in [2.24, 2.45) is 0 Å². The largest absolute Gasteiger partial charge is 0.457 e. The molecule has 0 heterocycles. The van der Waals surface area contributed by atoms with Crippen LogP contribution in [0, 0.1) is 10.1 Å². The molecule has 0 amide bonds. The highest BCUT2D eigenvalue weighted by atomic mass is 35.5. The Labute approximate surface area is 131 Å². The fourth-order valence-corrected chi connectivity index (χ4v) is 2.05. The van der Waals surface area contributed by atoms with Crippen LogP contribution in [0.25, 0.3) is 0 Å². The van der Waals surface area contributed by atoms with Crippen LogP contribution < -0.4 is 5.32 Å². The Balaban J connectivity index is 2.15. The second-order valence-corrected chi connectivity index (χ2v) is 4.81. The third kappa shape index (κ3) is 3.53. The molecule has 0 radical (unpaired) electrons. The molecule has 6 nitrogen and oxygen atoms in total. The van der Waals surface area contributed by atoms with Crippen molar-refractivity contribution in [3.63, 3.8) is 0 Å². The number of hydrogen-bond donors (Lipinski definition) is 1. The summed E-state index contributed by atoms with van der Waals surface area (Å²) in [5.41, 5.74) is 0.916. The topological polar surface area (TPSA) is 81.5 Å². The maximum Gasteiger partial charge on any atom is 0.338 e. The zero-order chi connectivity index (χ0) is 16.1. The van der Waals surface area contributed by atoms with Gasteiger partial charge in [-0.3, -0.25) is 10.1 Å². The second kappa shape index (κ2) is 6.91. The summed E-state index contributed by atoms with van der Waals surface area (Å²) in [6.45, 7) is 0.0000828. The lowest BCUT2D eigenvalue weighted by Crippen LogP contribution is -2.07. The van der Waals surface area contributed by atoms with Crippen LogP contribution in [0.5, 0.6) is 0 Å². The van der Waals surface area contributed by atoms with Crippen molar-refractivity contribution < 1.29 is 14.5 Å². The average Bonchev–Trinajstić information content (AvgIpc) is 2.53. The minimum atomic E-state index is -0.648. The Morgan fingerprint density at radius 3 is 2.68 bits per heavy atom. The number of nitro groups is 1. The smallest absolute Gasteiger partial charge is 0.338 e. The summed E-state index contributed by atoms with van der Waals surface area (Å²) in [4.78, 5) is 22.4. The van der Waals surface area contributed by atoms with E-state index in [4.69, 9.17) is 16.3 Å². The van der Waals surface area contributed by atoms with E-state index in [2.05, 4.69) is 5.32 Å². The fourth-order valence-electron chi connectivity index (χ4n) is 1.86. The lowest BCUT2D eigenvalue weighted by atomic mass is 10.1. The van der Waals surface area contributed by atoms with Crippen molar-refractivity contribution in [2.45, 2.75) is 6.61 Å². The first-order chi connectivity index (χ1) is 10.5. The number of ether oxygens (including phenoxy) is 1. The fraction of sp³-hybridized carbons (Fsp3) is 0.133. The van der Waals surface area contributed by atoms with Crippen molar-refractivity contribution in [3.8, 4) is 0 Å². The molecular formula is C15H13ClN2O4. The van der Waals surface area contributed by atoms with E-state index in [9.17, 15) is 14.9 Å². The van der Waals surface area contributed by atoms with E-state index in [1.54, 1.807) is 31.3 Å². The third-order valence-corrected chi connectivity index (χ3v) is 3.38. The first-order valence-electron chi connectivity index (χ1n) is 6.39. The Morgan fingerprint density at radius 2 is 2.05 bits per heavy atom. The quantitative estimate of drug-likeness (QED) is 0.516. The monoisotopic (exact) mass is 320 g/mol. The molecule has 0 aliphatic carbocycles. The summed E-state index contributed by atoms with van der Waals surface area (Å²) in [7, 11) is 1.57. The molecule has 1 N–H and O–H groups in total. The van der Waals surface area contributed by atoms with Gasteiger partial charge < -0.3 is 10.1 Å². The van der Waals surface area contributed by atoms with Crippen LogP contribution in [0.3, 0.4) is 0 Å². The summed E-state index contributed by atoms with van der Waals surface area (Å²) in [5, 5.41) is 14.2. The lowest BCUT2D eigenvalue weighted by Gasteiger charge is -2.07. The number of nitro benzene ring substituents is 1. The van der Waals surface area contributed by atoms with Crippen LogP contribution in [0.4, 0.5) is 11.4 Å². The van der Waals surface area contributed by atoms with Crippen LogP contribution in [-0.4, -0.2) is 17.9 Å². The number of anilines is 1. The highest BCUT2D eigenvalue weighted by Crippen LogP contribution is 2.25. The van der Waals surface area contributed by atoms with Gasteiger partial charge in [0.2, 0.25) is 0 Å². The first kappa shape index (κ1) is 15.8. The maximum atomic E-state index is 12.0. The molecule has 0 spiro atoms. The molecule has 2 aromatic rings. The van der Waals surface area contributed by atoms with Crippen LogP contribution in [0.2, 0.25) is 5.02 Å². The van der Waals surface area contributed by atoms with E-state index in [-0.39, 0.29) is 17.9 Å². The van der Waals surface area contributed by atoms with Gasteiger partial charge in [-0.25, -0.2) is 4.79 Å². The zero-order valence-corrected chi connectivity index (χ0v) is 12.5. The molecule has 0 aliphatic heterocycles. The van der Waals surface area contributed by atoms with E-state index in [0.717, 1.165) is 0 Å². The number of nitrogens with zero attached hydrogens (tertiary/aromatic N) is 1. The highest BCUT2D eigenvalue weighted by molar-refractivity contribution is 6.31. The van der Waals surface area contributed by atoms with Gasteiger partial charge in [-0.15, -0.1) is 0 Å². The number of benzene rings is 2. The van der Waals surface area contributed by atoms with Gasteiger partial charge in [-0.05, 0) is 18.2 Å². The van der Waals surface area contributed by atoms with Crippen LogP contribution in [0.1, 0.15) is 15.9 Å². The van der Waals surface area contributed by atoms with E-state index in [1.165, 1.54) is 18.2 Å². The van der Waals surface area contributed by atoms with E-state index < -0.39 is 10.9 Å². The third-order valence-electron chi connectivity index (χ3n) is 3.02. The van der Waals surface area contributed by atoms with Gasteiger partial charge in [0, 0.05) is 23.7 Å². The van der Waals surface area contributed by atoms with E-state index in [1.807, 2.05) is 0 Å². The molecule has 0 bridgehead atoms. The summed E-state index contributed by atoms with van der Waals surface area (Å²) in [6, 6.07) is 11.1. The van der Waals surface area contributed by atoms with E-state index in [0.29, 0.717) is 16.3 Å². The number of nitrogens with one attached hydrogen (secondary N) is 1. The molecule has 0 atom stereocenters. The van der Waals surface area contributed by atoms with Crippen LogP contribution in [-0.2, 0) is 11.3 Å². The van der Waals surface area contributed by atoms with Gasteiger partial charge in [-0.1, -0.05) is 29.8 Å². The van der Waals surface area contributed by atoms with Gasteiger partial charge in [0.15, 0.2) is 0 Å². The predicted octanol–water partition coefficient (Wildman–Crippen LogP) is 3.65. The Morgan fingerprint density at radius 1 is 1.32 bits per heavy atom. The maximum absolute atomic E-state index is 12.0. The SMILES string of the molecule is CNc1ccc(C(=O)OCc2ccccc2Cl)cc1[N+](=O)[O-]. The van der Waals surface area contributed by atoms with Crippen molar-refractivity contribution in [2.75, 3.05) is 12.4 Å². The number of esters is 1. The highest BCUT2D eigenvalue weighted by Gasteiger charge is 2.17. The number of carbonyl (C=O) groups is 1. The number of hydrogen-bond acceptors (Lipinski definition) is 5. The van der Waals surface area contributed by atoms with Crippen molar-refractivity contribution in [1.82, 2.24) is 0 Å². The molecule has 0 fully saturated rings. The first-order valence-corrected chi connectivity index (χ1v) is 6.77. The molecule has 0 saturated heterocycles. The molecule has 22 heavy (non-hydrogen) atoms. The standard InChI is InChI=1S/C15H13ClN2O4/c1-17-13-7-6-10(8-14(13)18(20)21)15(19)22-9-11-4-2-3-5-12(11)16/h2-8,17H,9H2,1H3. The Kier molecular flexibility index (Phi) is 4.95. The molecule has 2 rings (SSSR count). The molecule has 0 aliphatic rings. The van der Waals surface area contributed by atoms with Gasteiger partial charge >= 0.3 is 5.97 Å². The average molecular weight is 321 g/mol. The van der Waals surface area contributed by atoms with E-state index >= 15 is 0 Å². The van der Waals surface area contributed by atoms with Gasteiger partial charge in [-0.2, -0.15) is 0 Å². The summed E-state index contributed by atoms with van der Waals surface area (Å²) in [6.07, 6.45) is 0. The number of halogens is 1. The van der Waals surface area contributed by atoms with Crippen molar-refractivity contribution in [3.05, 3.63) is 68.7 Å². The minimum absolute atomic E-state index is 0.0000828. The van der Waals surface area contributed by atoms with Gasteiger partial charge in [0.1, 0.15) is 12.3 Å². The zero-order valence-electron chi connectivity index (χ0n) is 11.7. The number of rotatable bonds is 5. The number of carbonyl (C=O) groups excluding carboxylic acids is 1. The molecule has 0 saturated carbocycles. The summed E-state index contributed by atoms with van der Waals surface area (Å²) < 4.78 is 5.14.